The molecular formula is C48H56ClN9O5S. The predicted octanol–water partition coefficient (Wildman–Crippen LogP) is 8.95. The summed E-state index contributed by atoms with van der Waals surface area (Å²) in [6.07, 6.45) is 6.76. The molecular weight excluding hydrogens is 850 g/mol. The summed E-state index contributed by atoms with van der Waals surface area (Å²) in [5, 5.41) is 17.4. The minimum atomic E-state index is -0.409. The zero-order chi connectivity index (χ0) is 44.5. The fourth-order valence-corrected chi connectivity index (χ4v) is 10.1. The molecule has 5 heterocycles. The van der Waals surface area contributed by atoms with Crippen molar-refractivity contribution in [2.75, 3.05) is 82.8 Å². The summed E-state index contributed by atoms with van der Waals surface area (Å²) >= 11 is 7.26. The Morgan fingerprint density at radius 2 is 1.84 bits per heavy atom. The standard InChI is InChI=1S/C48H56ClN9O5S/c1-31-27-56(16-15-54(31)4)29-36-30-62-44-24-39(23-42(58(60)61)45(44)52-36)64-53-47(59)40-10-9-37(22-43(40)63-38-21-33-12-14-50-46(33)51-26-38)57-19-17-55(18-20-57)28-34-11-13-48(2,3)25-41(34)32-5-7-35(49)8-6-32/h5-10,12,14,21-24,26,31,36,52H,11,13,15-20,25,27-30H2,1-4H3,(H,50,51)(H,53,59)/t31-,36+/m1/s1. The van der Waals surface area contributed by atoms with Gasteiger partial charge in [-0.1, -0.05) is 43.2 Å². The molecule has 0 bridgehead atoms. The van der Waals surface area contributed by atoms with Crippen molar-refractivity contribution in [3.8, 4) is 17.2 Å². The van der Waals surface area contributed by atoms with Gasteiger partial charge in [0, 0.05) is 104 Å². The smallest absolute Gasteiger partial charge is 0.297 e. The molecule has 5 aromatic rings. The fraction of sp³-hybridized carbons (Fsp3) is 0.417. The first kappa shape index (κ1) is 43.9. The summed E-state index contributed by atoms with van der Waals surface area (Å²) < 4.78 is 15.5. The molecule has 2 fully saturated rings. The predicted molar refractivity (Wildman–Crippen MR) is 255 cm³/mol. The van der Waals surface area contributed by atoms with E-state index in [1.807, 2.05) is 42.6 Å². The van der Waals surface area contributed by atoms with Gasteiger partial charge in [-0.2, -0.15) is 0 Å². The number of nitrogens with one attached hydrogen (secondary N) is 3. The minimum absolute atomic E-state index is 0.0977. The number of nitrogens with zero attached hydrogens (tertiary/aromatic N) is 6. The summed E-state index contributed by atoms with van der Waals surface area (Å²) in [4.78, 5) is 43.7. The molecule has 64 heavy (non-hydrogen) atoms. The highest BCUT2D eigenvalue weighted by Gasteiger charge is 2.32. The first-order valence-corrected chi connectivity index (χ1v) is 23.3. The lowest BCUT2D eigenvalue weighted by Gasteiger charge is -2.40. The number of halogens is 1. The lowest BCUT2D eigenvalue weighted by atomic mass is 9.72. The third-order valence-electron chi connectivity index (χ3n) is 13.2. The van der Waals surface area contributed by atoms with Gasteiger partial charge in [-0.15, -0.1) is 0 Å². The number of anilines is 2. The maximum absolute atomic E-state index is 14.0. The highest BCUT2D eigenvalue weighted by atomic mass is 35.5. The molecule has 2 atom stereocenters. The quantitative estimate of drug-likeness (QED) is 0.0625. The molecule has 0 saturated carbocycles. The number of ether oxygens (including phenoxy) is 2. The van der Waals surface area contributed by atoms with Crippen LogP contribution in [0.25, 0.3) is 16.6 Å². The Morgan fingerprint density at radius 3 is 2.62 bits per heavy atom. The van der Waals surface area contributed by atoms with Crippen LogP contribution in [0.2, 0.25) is 5.02 Å². The molecule has 1 amide bonds. The maximum Gasteiger partial charge on any atom is 0.297 e. The van der Waals surface area contributed by atoms with Crippen molar-refractivity contribution in [1.29, 1.82) is 0 Å². The van der Waals surface area contributed by atoms with Crippen LogP contribution in [0.3, 0.4) is 0 Å². The summed E-state index contributed by atoms with van der Waals surface area (Å²) in [5.74, 6) is 0.846. The monoisotopic (exact) mass is 905 g/mol. The van der Waals surface area contributed by atoms with Crippen LogP contribution in [-0.2, 0) is 0 Å². The SMILES string of the molecule is C[C@@H]1CN(C[C@H]2COc3cc(SNC(=O)c4ccc(N5CCN(CC6=C(c7ccc(Cl)cc7)CC(C)(C)CC6)CC5)cc4Oc4cnc5[nH]ccc5c4)cc([N+](=O)[O-])c3N2)CCN1C. The number of piperazine rings is 2. The minimum Gasteiger partial charge on any atom is -0.489 e. The van der Waals surface area contributed by atoms with Gasteiger partial charge in [-0.3, -0.25) is 29.4 Å². The second-order valence-corrected chi connectivity index (χ2v) is 19.7. The molecule has 2 aromatic heterocycles. The van der Waals surface area contributed by atoms with Gasteiger partial charge in [0.05, 0.1) is 22.7 Å². The Kier molecular flexibility index (Phi) is 12.8. The van der Waals surface area contributed by atoms with Gasteiger partial charge in [0.25, 0.3) is 11.6 Å². The number of nitro groups is 1. The van der Waals surface area contributed by atoms with Crippen LogP contribution in [-0.4, -0.2) is 120 Å². The molecule has 14 nitrogen and oxygen atoms in total. The van der Waals surface area contributed by atoms with Crippen LogP contribution in [0.15, 0.2) is 89.6 Å². The van der Waals surface area contributed by atoms with E-state index in [1.54, 1.807) is 18.3 Å². The van der Waals surface area contributed by atoms with Crippen molar-refractivity contribution >= 4 is 63.1 Å². The molecule has 3 aromatic carbocycles. The van der Waals surface area contributed by atoms with Crippen molar-refractivity contribution in [1.82, 2.24) is 29.4 Å². The Labute approximate surface area is 383 Å². The van der Waals surface area contributed by atoms with E-state index < -0.39 is 10.8 Å². The topological polar surface area (TPSA) is 144 Å². The number of allylic oxidation sites excluding steroid dienone is 1. The molecule has 0 unspecified atom stereocenters. The molecule has 3 aliphatic heterocycles. The maximum atomic E-state index is 14.0. The van der Waals surface area contributed by atoms with Crippen LogP contribution < -0.4 is 24.4 Å². The lowest BCUT2D eigenvalue weighted by molar-refractivity contribution is -0.384. The van der Waals surface area contributed by atoms with Crippen LogP contribution in [0.1, 0.15) is 56.0 Å². The molecule has 1 aliphatic carbocycles. The second kappa shape index (κ2) is 18.6. The molecule has 336 valence electrons. The zero-order valence-electron chi connectivity index (χ0n) is 36.9. The van der Waals surface area contributed by atoms with Crippen molar-refractivity contribution < 1.29 is 19.2 Å². The normalized spacial score (nSPS) is 20.7. The Morgan fingerprint density at radius 1 is 1.05 bits per heavy atom. The number of H-pyrrole nitrogens is 1. The Balaban J connectivity index is 0.897. The van der Waals surface area contributed by atoms with E-state index in [1.165, 1.54) is 29.2 Å². The molecule has 0 spiro atoms. The Hall–Kier alpha value is -5.32. The number of fused-ring (bicyclic) bond motifs is 2. The Bertz CT molecular complexity index is 2560. The molecule has 4 aliphatic rings. The average Bonchev–Trinajstić information content (AvgIpc) is 3.76. The van der Waals surface area contributed by atoms with Crippen LogP contribution >= 0.6 is 23.5 Å². The number of hydrogen-bond donors (Lipinski definition) is 3. The second-order valence-electron chi connectivity index (χ2n) is 18.4. The van der Waals surface area contributed by atoms with Gasteiger partial charge in [0.15, 0.2) is 11.4 Å². The number of amides is 1. The van der Waals surface area contributed by atoms with Crippen LogP contribution in [0.5, 0.6) is 17.2 Å². The molecule has 3 N–H and O–H groups in total. The van der Waals surface area contributed by atoms with Crippen molar-refractivity contribution in [3.05, 3.63) is 111 Å². The lowest BCUT2D eigenvalue weighted by Crippen LogP contribution is -2.53. The van der Waals surface area contributed by atoms with Crippen molar-refractivity contribution in [2.45, 2.75) is 57.0 Å². The fourth-order valence-electron chi connectivity index (χ4n) is 9.31. The van der Waals surface area contributed by atoms with Crippen molar-refractivity contribution in [2.24, 2.45) is 5.41 Å². The van der Waals surface area contributed by atoms with E-state index in [2.05, 4.69) is 79.6 Å². The number of carbonyl (C=O) groups excluding carboxylic acids is 1. The van der Waals surface area contributed by atoms with Gasteiger partial charge in [0.2, 0.25) is 0 Å². The number of carbonyl (C=O) groups is 1. The summed E-state index contributed by atoms with van der Waals surface area (Å²) in [7, 11) is 2.13. The van der Waals surface area contributed by atoms with Gasteiger partial charge in [-0.05, 0) is 104 Å². The third kappa shape index (κ3) is 9.98. The van der Waals surface area contributed by atoms with E-state index >= 15 is 0 Å². The number of aromatic amines is 1. The summed E-state index contributed by atoms with van der Waals surface area (Å²) in [6.45, 7) is 15.2. The van der Waals surface area contributed by atoms with Crippen LogP contribution in [0, 0.1) is 15.5 Å². The van der Waals surface area contributed by atoms with Crippen LogP contribution in [0.4, 0.5) is 17.1 Å². The first-order chi connectivity index (χ1) is 30.8. The number of likely N-dealkylation sites (N-methyl/N-ethyl adjacent to an activating group) is 1. The largest absolute Gasteiger partial charge is 0.489 e. The molecule has 9 rings (SSSR count). The summed E-state index contributed by atoms with van der Waals surface area (Å²) in [6, 6.07) is 21.3. The van der Waals surface area contributed by atoms with Gasteiger partial charge in [0.1, 0.15) is 23.8 Å². The van der Waals surface area contributed by atoms with Crippen molar-refractivity contribution in [3.63, 3.8) is 0 Å². The number of benzene rings is 3. The molecule has 16 heteroatoms. The van der Waals surface area contributed by atoms with E-state index in [0.29, 0.717) is 46.0 Å². The van der Waals surface area contributed by atoms with E-state index in [0.717, 1.165) is 105 Å². The number of pyridine rings is 1. The zero-order valence-corrected chi connectivity index (χ0v) is 38.4. The number of hydrogen-bond acceptors (Lipinski definition) is 12. The number of aromatic nitrogens is 2. The highest BCUT2D eigenvalue weighted by molar-refractivity contribution is 7.98. The number of nitro benzene ring substituents is 1. The summed E-state index contributed by atoms with van der Waals surface area (Å²) in [5.41, 5.74) is 6.74. The molecule has 0 radical (unpaired) electrons. The average molecular weight is 907 g/mol. The van der Waals surface area contributed by atoms with E-state index in [-0.39, 0.29) is 17.1 Å². The highest BCUT2D eigenvalue weighted by Crippen LogP contribution is 2.44. The van der Waals surface area contributed by atoms with Gasteiger partial charge < -0.3 is 29.6 Å². The van der Waals surface area contributed by atoms with Gasteiger partial charge >= 0.3 is 0 Å². The first-order valence-electron chi connectivity index (χ1n) is 22.1. The van der Waals surface area contributed by atoms with Gasteiger partial charge in [-0.25, -0.2) is 4.98 Å². The number of rotatable bonds is 12. The van der Waals surface area contributed by atoms with E-state index in [4.69, 9.17) is 21.1 Å². The molecule has 2 saturated heterocycles. The van der Waals surface area contributed by atoms with E-state index in [9.17, 15) is 14.9 Å². The third-order valence-corrected chi connectivity index (χ3v) is 14.2.